The molecule has 2 bridgehead atoms. The highest BCUT2D eigenvalue weighted by Gasteiger charge is 2.49. The van der Waals surface area contributed by atoms with Crippen LogP contribution in [0.3, 0.4) is 0 Å². The van der Waals surface area contributed by atoms with Crippen LogP contribution in [-0.2, 0) is 4.74 Å². The normalized spacial score (nSPS) is 31.7. The van der Waals surface area contributed by atoms with Crippen LogP contribution < -0.4 is 4.90 Å². The van der Waals surface area contributed by atoms with E-state index in [2.05, 4.69) is 64.0 Å². The smallest absolute Gasteiger partial charge is 0.0619 e. The molecule has 0 radical (unpaired) electrons. The van der Waals surface area contributed by atoms with E-state index in [0.29, 0.717) is 12.0 Å². The largest absolute Gasteiger partial charge is 0.378 e. The summed E-state index contributed by atoms with van der Waals surface area (Å²) in [5.74, 6) is 2.26. The lowest BCUT2D eigenvalue weighted by atomic mass is 9.89. The van der Waals surface area contributed by atoms with Crippen molar-refractivity contribution in [2.24, 2.45) is 11.8 Å². The van der Waals surface area contributed by atoms with Gasteiger partial charge in [0.05, 0.1) is 11.7 Å². The molecule has 0 saturated heterocycles. The number of rotatable bonds is 3. The van der Waals surface area contributed by atoms with Gasteiger partial charge in [-0.25, -0.2) is 0 Å². The maximum atomic E-state index is 6.34. The zero-order valence-electron chi connectivity index (χ0n) is 14.1. The molecular weight excluding hydrogens is 258 g/mol. The van der Waals surface area contributed by atoms with Gasteiger partial charge in [0, 0.05) is 19.8 Å². The van der Waals surface area contributed by atoms with Gasteiger partial charge in [0.2, 0.25) is 0 Å². The second-order valence-electron chi connectivity index (χ2n) is 8.02. The molecule has 4 atom stereocenters. The zero-order chi connectivity index (χ0) is 15.2. The molecule has 0 aliphatic heterocycles. The third-order valence-corrected chi connectivity index (χ3v) is 5.15. The van der Waals surface area contributed by atoms with E-state index in [4.69, 9.17) is 4.74 Å². The van der Waals surface area contributed by atoms with E-state index < -0.39 is 0 Å². The monoisotopic (exact) mass is 287 g/mol. The van der Waals surface area contributed by atoms with E-state index in [0.717, 1.165) is 11.8 Å². The van der Waals surface area contributed by atoms with E-state index in [1.165, 1.54) is 30.5 Å². The predicted molar refractivity (Wildman–Crippen MR) is 89.0 cm³/mol. The van der Waals surface area contributed by atoms with Gasteiger partial charge in [-0.3, -0.25) is 0 Å². The number of nitrogens with zero attached hydrogens (tertiary/aromatic N) is 1. The minimum absolute atomic E-state index is 0.0194. The Morgan fingerprint density at radius 2 is 1.71 bits per heavy atom. The Kier molecular flexibility index (Phi) is 3.77. The van der Waals surface area contributed by atoms with Crippen molar-refractivity contribution in [3.8, 4) is 0 Å². The summed E-state index contributed by atoms with van der Waals surface area (Å²) in [6, 6.07) is 9.19. The van der Waals surface area contributed by atoms with Crippen LogP contribution in [0.4, 0.5) is 5.69 Å². The van der Waals surface area contributed by atoms with Gasteiger partial charge in [-0.2, -0.15) is 0 Å². The highest BCUT2D eigenvalue weighted by molar-refractivity contribution is 5.47. The Bertz CT molecular complexity index is 485. The van der Waals surface area contributed by atoms with Crippen molar-refractivity contribution >= 4 is 5.69 Å². The highest BCUT2D eigenvalue weighted by Crippen LogP contribution is 2.56. The Balaban J connectivity index is 1.77. The van der Waals surface area contributed by atoms with E-state index in [1.54, 1.807) is 0 Å². The van der Waals surface area contributed by atoms with E-state index in [9.17, 15) is 0 Å². The van der Waals surface area contributed by atoms with Crippen molar-refractivity contribution in [2.45, 2.75) is 57.7 Å². The summed E-state index contributed by atoms with van der Waals surface area (Å²) < 4.78 is 6.34. The van der Waals surface area contributed by atoms with Crippen LogP contribution in [0.25, 0.3) is 0 Å². The van der Waals surface area contributed by atoms with Gasteiger partial charge in [-0.05, 0) is 75.5 Å². The third-order valence-electron chi connectivity index (χ3n) is 5.15. The van der Waals surface area contributed by atoms with Gasteiger partial charge in [0.15, 0.2) is 0 Å². The molecule has 116 valence electrons. The van der Waals surface area contributed by atoms with Gasteiger partial charge in [0.1, 0.15) is 0 Å². The van der Waals surface area contributed by atoms with Crippen LogP contribution in [-0.4, -0.2) is 25.8 Å². The Labute approximate surface area is 129 Å². The summed E-state index contributed by atoms with van der Waals surface area (Å²) in [4.78, 5) is 2.17. The summed E-state index contributed by atoms with van der Waals surface area (Å²) in [5.41, 5.74) is 2.79. The number of benzene rings is 1. The molecule has 1 aromatic carbocycles. The maximum Gasteiger partial charge on any atom is 0.0619 e. The van der Waals surface area contributed by atoms with Crippen LogP contribution in [0.15, 0.2) is 24.3 Å². The van der Waals surface area contributed by atoms with Crippen molar-refractivity contribution < 1.29 is 4.74 Å². The van der Waals surface area contributed by atoms with Crippen molar-refractivity contribution in [2.75, 3.05) is 19.0 Å². The minimum Gasteiger partial charge on any atom is -0.378 e. The van der Waals surface area contributed by atoms with Crippen LogP contribution in [0.1, 0.15) is 51.5 Å². The summed E-state index contributed by atoms with van der Waals surface area (Å²) in [6.07, 6.45) is 4.43. The predicted octanol–water partition coefficient (Wildman–Crippen LogP) is 4.45. The number of hydrogen-bond donors (Lipinski definition) is 0. The second kappa shape index (κ2) is 5.31. The zero-order valence-corrected chi connectivity index (χ0v) is 14.1. The summed E-state index contributed by atoms with van der Waals surface area (Å²) in [5, 5.41) is 0. The first-order valence-corrected chi connectivity index (χ1v) is 8.30. The molecule has 2 fully saturated rings. The summed E-state index contributed by atoms with van der Waals surface area (Å²) >= 11 is 0. The Morgan fingerprint density at radius 1 is 1.05 bits per heavy atom. The van der Waals surface area contributed by atoms with Crippen LogP contribution in [0.5, 0.6) is 0 Å². The van der Waals surface area contributed by atoms with Gasteiger partial charge in [-0.15, -0.1) is 0 Å². The van der Waals surface area contributed by atoms with Crippen molar-refractivity contribution in [1.29, 1.82) is 0 Å². The molecule has 1 aromatic rings. The molecule has 2 nitrogen and oxygen atoms in total. The molecule has 2 heteroatoms. The highest BCUT2D eigenvalue weighted by atomic mass is 16.5. The Hall–Kier alpha value is -1.02. The SMILES string of the molecule is CN(C)c1ccc([C@@H]2[C@@H]3CC[C@H]2[C@H](OC(C)(C)C)C3)cc1. The quantitative estimate of drug-likeness (QED) is 0.814. The van der Waals surface area contributed by atoms with Gasteiger partial charge < -0.3 is 9.64 Å². The topological polar surface area (TPSA) is 12.5 Å². The number of anilines is 1. The van der Waals surface area contributed by atoms with Gasteiger partial charge >= 0.3 is 0 Å². The molecule has 3 rings (SSSR count). The lowest BCUT2D eigenvalue weighted by molar-refractivity contribution is -0.0823. The summed E-state index contributed by atoms with van der Waals surface area (Å²) in [6.45, 7) is 6.54. The Morgan fingerprint density at radius 3 is 2.29 bits per heavy atom. The van der Waals surface area contributed by atoms with E-state index in [-0.39, 0.29) is 5.60 Å². The first-order chi connectivity index (χ1) is 9.85. The molecule has 0 heterocycles. The average Bonchev–Trinajstić information content (AvgIpc) is 2.94. The van der Waals surface area contributed by atoms with Crippen LogP contribution >= 0.6 is 0 Å². The lowest BCUT2D eigenvalue weighted by Crippen LogP contribution is -2.31. The summed E-state index contributed by atoms with van der Waals surface area (Å²) in [7, 11) is 4.20. The van der Waals surface area contributed by atoms with Crippen LogP contribution in [0.2, 0.25) is 0 Å². The van der Waals surface area contributed by atoms with E-state index >= 15 is 0 Å². The molecule has 0 aromatic heterocycles. The van der Waals surface area contributed by atoms with Gasteiger partial charge in [0.25, 0.3) is 0 Å². The molecule has 0 spiro atoms. The molecule has 2 aliphatic carbocycles. The lowest BCUT2D eigenvalue weighted by Gasteiger charge is -2.30. The number of fused-ring (bicyclic) bond motifs is 2. The molecule has 0 amide bonds. The number of ether oxygens (including phenoxy) is 1. The maximum absolute atomic E-state index is 6.34. The van der Waals surface area contributed by atoms with Crippen molar-refractivity contribution in [1.82, 2.24) is 0 Å². The average molecular weight is 287 g/mol. The number of hydrogen-bond acceptors (Lipinski definition) is 2. The van der Waals surface area contributed by atoms with Crippen LogP contribution in [0, 0.1) is 11.8 Å². The first-order valence-electron chi connectivity index (χ1n) is 8.30. The fourth-order valence-corrected chi connectivity index (χ4v) is 4.37. The van der Waals surface area contributed by atoms with Gasteiger partial charge in [-0.1, -0.05) is 12.1 Å². The minimum atomic E-state index is -0.0194. The van der Waals surface area contributed by atoms with Crippen molar-refractivity contribution in [3.63, 3.8) is 0 Å². The molecular formula is C19H29NO. The standard InChI is InChI=1S/C19H29NO/c1-19(2,3)21-17-12-14-8-11-16(17)18(14)13-6-9-15(10-7-13)20(4)5/h6-7,9-10,14,16-18H,8,11-12H2,1-5H3/t14-,16+,17-,18-/m1/s1. The molecule has 2 saturated carbocycles. The second-order valence-corrected chi connectivity index (χ2v) is 8.02. The molecule has 21 heavy (non-hydrogen) atoms. The molecule has 0 N–H and O–H groups in total. The third kappa shape index (κ3) is 2.96. The first kappa shape index (κ1) is 14.9. The molecule has 2 aliphatic rings. The fourth-order valence-electron chi connectivity index (χ4n) is 4.37. The van der Waals surface area contributed by atoms with Crippen molar-refractivity contribution in [3.05, 3.63) is 29.8 Å². The fraction of sp³-hybridized carbons (Fsp3) is 0.684. The molecule has 0 unspecified atom stereocenters. The van der Waals surface area contributed by atoms with E-state index in [1.807, 2.05) is 0 Å².